The second-order valence-electron chi connectivity index (χ2n) is 2.91. The number of carbonyl (C=O) groups excluding carboxylic acids is 1. The molecule has 14 heavy (non-hydrogen) atoms. The van der Waals surface area contributed by atoms with Crippen LogP contribution in [0.1, 0.15) is 13.3 Å². The largest absolute Gasteiger partial charge is 0.494 e. The van der Waals surface area contributed by atoms with Crippen LogP contribution in [0.2, 0.25) is 0 Å². The molecule has 3 nitrogen and oxygen atoms in total. The van der Waals surface area contributed by atoms with Crippen LogP contribution >= 0.6 is 0 Å². The van der Waals surface area contributed by atoms with Gasteiger partial charge >= 0.3 is 0 Å². The Morgan fingerprint density at radius 3 is 3.00 bits per heavy atom. The van der Waals surface area contributed by atoms with Crippen molar-refractivity contribution in [3.8, 4) is 5.75 Å². The number of amides is 1. The van der Waals surface area contributed by atoms with Crippen molar-refractivity contribution in [2.75, 3.05) is 11.9 Å². The number of benzene rings is 1. The molecular formula is C11H14NO2. The third-order valence-electron chi connectivity index (χ3n) is 1.57. The van der Waals surface area contributed by atoms with Crippen LogP contribution in [0.4, 0.5) is 5.69 Å². The SMILES string of the molecule is [CH2]CCOc1cccc(NC(C)=O)c1. The van der Waals surface area contributed by atoms with Crippen LogP contribution in [-0.4, -0.2) is 12.5 Å². The molecule has 0 atom stereocenters. The van der Waals surface area contributed by atoms with Gasteiger partial charge in [0.05, 0.1) is 6.61 Å². The number of rotatable bonds is 4. The topological polar surface area (TPSA) is 38.3 Å². The molecule has 0 saturated heterocycles. The fourth-order valence-corrected chi connectivity index (χ4v) is 1.06. The van der Waals surface area contributed by atoms with E-state index in [1.807, 2.05) is 18.2 Å². The summed E-state index contributed by atoms with van der Waals surface area (Å²) in [6.07, 6.45) is 0.727. The number of carbonyl (C=O) groups is 1. The maximum absolute atomic E-state index is 10.8. The van der Waals surface area contributed by atoms with Crippen molar-refractivity contribution in [1.82, 2.24) is 0 Å². The molecule has 1 radical (unpaired) electrons. The van der Waals surface area contributed by atoms with Gasteiger partial charge in [0.25, 0.3) is 0 Å². The summed E-state index contributed by atoms with van der Waals surface area (Å²) in [5, 5.41) is 2.69. The third kappa shape index (κ3) is 3.47. The maximum Gasteiger partial charge on any atom is 0.221 e. The highest BCUT2D eigenvalue weighted by atomic mass is 16.5. The van der Waals surface area contributed by atoms with Gasteiger partial charge in [-0.2, -0.15) is 0 Å². The molecule has 75 valence electrons. The summed E-state index contributed by atoms with van der Waals surface area (Å²) in [4.78, 5) is 10.8. The monoisotopic (exact) mass is 192 g/mol. The molecule has 0 spiro atoms. The highest BCUT2D eigenvalue weighted by Crippen LogP contribution is 2.17. The van der Waals surface area contributed by atoms with Crippen LogP contribution < -0.4 is 10.1 Å². The number of ether oxygens (including phenoxy) is 1. The molecule has 1 aromatic carbocycles. The van der Waals surface area contributed by atoms with E-state index in [0.717, 1.165) is 17.9 Å². The lowest BCUT2D eigenvalue weighted by Gasteiger charge is -2.06. The predicted octanol–water partition coefficient (Wildman–Crippen LogP) is 2.25. The van der Waals surface area contributed by atoms with Crippen LogP contribution in [-0.2, 0) is 4.79 Å². The van der Waals surface area contributed by atoms with E-state index in [1.54, 1.807) is 6.07 Å². The second-order valence-corrected chi connectivity index (χ2v) is 2.91. The van der Waals surface area contributed by atoms with Crippen LogP contribution in [0.3, 0.4) is 0 Å². The Hall–Kier alpha value is -1.51. The Kier molecular flexibility index (Phi) is 3.98. The average Bonchev–Trinajstić information content (AvgIpc) is 2.14. The highest BCUT2D eigenvalue weighted by Gasteiger charge is 1.97. The Balaban J connectivity index is 2.63. The number of hydrogen-bond donors (Lipinski definition) is 1. The third-order valence-corrected chi connectivity index (χ3v) is 1.57. The van der Waals surface area contributed by atoms with Gasteiger partial charge in [0.2, 0.25) is 5.91 Å². The normalized spacial score (nSPS) is 9.57. The van der Waals surface area contributed by atoms with Gasteiger partial charge in [0.1, 0.15) is 5.75 Å². The quantitative estimate of drug-likeness (QED) is 0.794. The predicted molar refractivity (Wildman–Crippen MR) is 56.2 cm³/mol. The molecule has 0 aliphatic rings. The minimum Gasteiger partial charge on any atom is -0.494 e. The first-order valence-electron chi connectivity index (χ1n) is 4.52. The van der Waals surface area contributed by atoms with E-state index in [0.29, 0.717) is 6.61 Å². The van der Waals surface area contributed by atoms with E-state index in [9.17, 15) is 4.79 Å². The highest BCUT2D eigenvalue weighted by molar-refractivity contribution is 5.88. The van der Waals surface area contributed by atoms with Crippen molar-refractivity contribution in [2.24, 2.45) is 0 Å². The summed E-state index contributed by atoms with van der Waals surface area (Å²) in [6, 6.07) is 7.29. The summed E-state index contributed by atoms with van der Waals surface area (Å²) in [5.41, 5.74) is 0.749. The summed E-state index contributed by atoms with van der Waals surface area (Å²) >= 11 is 0. The second kappa shape index (κ2) is 5.27. The molecule has 1 amide bonds. The maximum atomic E-state index is 10.8. The van der Waals surface area contributed by atoms with Crippen molar-refractivity contribution in [2.45, 2.75) is 13.3 Å². The van der Waals surface area contributed by atoms with Crippen molar-refractivity contribution < 1.29 is 9.53 Å². The minimum absolute atomic E-state index is 0.0840. The van der Waals surface area contributed by atoms with Gasteiger partial charge in [-0.05, 0) is 25.5 Å². The molecule has 0 aliphatic heterocycles. The zero-order valence-electron chi connectivity index (χ0n) is 8.25. The minimum atomic E-state index is -0.0840. The first-order chi connectivity index (χ1) is 6.72. The molecule has 0 aliphatic carbocycles. The van der Waals surface area contributed by atoms with Gasteiger partial charge in [-0.3, -0.25) is 4.79 Å². The lowest BCUT2D eigenvalue weighted by molar-refractivity contribution is -0.114. The van der Waals surface area contributed by atoms with E-state index >= 15 is 0 Å². The standard InChI is InChI=1S/C11H14NO2/c1-3-7-14-11-6-4-5-10(8-11)12-9(2)13/h4-6,8H,1,3,7H2,2H3,(H,12,13). The van der Waals surface area contributed by atoms with E-state index in [4.69, 9.17) is 4.74 Å². The zero-order chi connectivity index (χ0) is 10.4. The molecule has 3 heteroatoms. The Morgan fingerprint density at radius 1 is 1.57 bits per heavy atom. The molecule has 1 aromatic rings. The van der Waals surface area contributed by atoms with E-state index in [-0.39, 0.29) is 5.91 Å². The van der Waals surface area contributed by atoms with Gasteiger partial charge < -0.3 is 10.1 Å². The molecule has 0 heterocycles. The van der Waals surface area contributed by atoms with Crippen molar-refractivity contribution >= 4 is 11.6 Å². The fraction of sp³-hybridized carbons (Fsp3) is 0.273. The summed E-state index contributed by atoms with van der Waals surface area (Å²) in [7, 11) is 0. The first kappa shape index (κ1) is 10.6. The van der Waals surface area contributed by atoms with Crippen LogP contribution in [0.5, 0.6) is 5.75 Å². The van der Waals surface area contributed by atoms with Gasteiger partial charge in [-0.25, -0.2) is 0 Å². The first-order valence-corrected chi connectivity index (χ1v) is 4.52. The summed E-state index contributed by atoms with van der Waals surface area (Å²) in [6.45, 7) is 5.74. The molecule has 0 fully saturated rings. The molecule has 1 rings (SSSR count). The summed E-state index contributed by atoms with van der Waals surface area (Å²) < 4.78 is 5.36. The zero-order valence-corrected chi connectivity index (χ0v) is 8.25. The molecular weight excluding hydrogens is 178 g/mol. The Labute approximate surface area is 84.1 Å². The molecule has 0 saturated carbocycles. The van der Waals surface area contributed by atoms with Crippen LogP contribution in [0.25, 0.3) is 0 Å². The number of anilines is 1. The van der Waals surface area contributed by atoms with E-state index in [1.165, 1.54) is 6.92 Å². The Morgan fingerprint density at radius 2 is 2.36 bits per heavy atom. The van der Waals surface area contributed by atoms with Gasteiger partial charge in [0.15, 0.2) is 0 Å². The van der Waals surface area contributed by atoms with Gasteiger partial charge in [-0.1, -0.05) is 6.07 Å². The van der Waals surface area contributed by atoms with Crippen molar-refractivity contribution in [3.05, 3.63) is 31.2 Å². The smallest absolute Gasteiger partial charge is 0.221 e. The van der Waals surface area contributed by atoms with Crippen LogP contribution in [0.15, 0.2) is 24.3 Å². The molecule has 1 N–H and O–H groups in total. The Bertz CT molecular complexity index is 310. The van der Waals surface area contributed by atoms with Crippen molar-refractivity contribution in [3.63, 3.8) is 0 Å². The van der Waals surface area contributed by atoms with Gasteiger partial charge in [0, 0.05) is 18.7 Å². The number of nitrogens with one attached hydrogen (secondary N) is 1. The lowest BCUT2D eigenvalue weighted by atomic mass is 10.3. The summed E-state index contributed by atoms with van der Waals surface area (Å²) in [5.74, 6) is 0.666. The van der Waals surface area contributed by atoms with E-state index < -0.39 is 0 Å². The lowest BCUT2D eigenvalue weighted by Crippen LogP contribution is -2.05. The van der Waals surface area contributed by atoms with Crippen LogP contribution in [0, 0.1) is 6.92 Å². The fourth-order valence-electron chi connectivity index (χ4n) is 1.06. The average molecular weight is 192 g/mol. The number of hydrogen-bond acceptors (Lipinski definition) is 2. The molecule has 0 unspecified atom stereocenters. The molecule has 0 bridgehead atoms. The van der Waals surface area contributed by atoms with Gasteiger partial charge in [-0.15, -0.1) is 0 Å². The molecule has 0 aromatic heterocycles. The van der Waals surface area contributed by atoms with E-state index in [2.05, 4.69) is 12.2 Å². The van der Waals surface area contributed by atoms with Crippen molar-refractivity contribution in [1.29, 1.82) is 0 Å².